The topological polar surface area (TPSA) is 55.4 Å². The molecule has 0 amide bonds. The Bertz CT molecular complexity index is 245. The highest BCUT2D eigenvalue weighted by Crippen LogP contribution is 2.06. The van der Waals surface area contributed by atoms with Crippen molar-refractivity contribution in [3.63, 3.8) is 0 Å². The van der Waals surface area contributed by atoms with Crippen LogP contribution in [-0.2, 0) is 14.5 Å². The second kappa shape index (κ2) is 3.34. The van der Waals surface area contributed by atoms with Gasteiger partial charge in [-0.3, -0.25) is 4.18 Å². The zero-order chi connectivity index (χ0) is 8.32. The van der Waals surface area contributed by atoms with Gasteiger partial charge in [0, 0.05) is 6.04 Å². The van der Waals surface area contributed by atoms with Crippen LogP contribution in [0.1, 0.15) is 13.3 Å². The molecule has 1 saturated heterocycles. The first-order valence-electron chi connectivity index (χ1n) is 3.43. The van der Waals surface area contributed by atoms with Crippen LogP contribution in [0, 0.1) is 0 Å². The molecule has 1 rings (SSSR count). The van der Waals surface area contributed by atoms with Gasteiger partial charge in [0.05, 0.1) is 6.61 Å². The standard InChI is InChI=1S/C6H11NO3S/c1-2-3-6-4-5-10-11(8,9)7-6/h2-3,6-7H,4-5H2,1H3/b3-2-. The van der Waals surface area contributed by atoms with Gasteiger partial charge in [-0.25, -0.2) is 0 Å². The Hall–Kier alpha value is -0.390. The molecule has 0 spiro atoms. The summed E-state index contributed by atoms with van der Waals surface area (Å²) in [5.41, 5.74) is 0. The molecular formula is C6H11NO3S. The lowest BCUT2D eigenvalue weighted by Gasteiger charge is -2.19. The van der Waals surface area contributed by atoms with E-state index in [1.807, 2.05) is 13.0 Å². The van der Waals surface area contributed by atoms with E-state index >= 15 is 0 Å². The van der Waals surface area contributed by atoms with Gasteiger partial charge in [-0.2, -0.15) is 13.1 Å². The van der Waals surface area contributed by atoms with E-state index in [0.29, 0.717) is 6.42 Å². The third kappa shape index (κ3) is 2.61. The molecule has 1 fully saturated rings. The minimum absolute atomic E-state index is 0.0984. The highest BCUT2D eigenvalue weighted by atomic mass is 32.2. The van der Waals surface area contributed by atoms with Crippen LogP contribution < -0.4 is 4.72 Å². The van der Waals surface area contributed by atoms with Crippen LogP contribution in [0.5, 0.6) is 0 Å². The third-order valence-electron chi connectivity index (χ3n) is 1.39. The molecule has 1 unspecified atom stereocenters. The fourth-order valence-corrected chi connectivity index (χ4v) is 1.88. The molecule has 0 saturated carbocycles. The second-order valence-corrected chi connectivity index (χ2v) is 3.69. The molecule has 4 nitrogen and oxygen atoms in total. The molecular weight excluding hydrogens is 166 g/mol. The van der Waals surface area contributed by atoms with Crippen LogP contribution >= 0.6 is 0 Å². The van der Waals surface area contributed by atoms with Gasteiger partial charge in [0.15, 0.2) is 0 Å². The summed E-state index contributed by atoms with van der Waals surface area (Å²) in [6.07, 6.45) is 4.32. The van der Waals surface area contributed by atoms with Gasteiger partial charge >= 0.3 is 10.3 Å². The summed E-state index contributed by atoms with van der Waals surface area (Å²) in [6, 6.07) is -0.0984. The van der Waals surface area contributed by atoms with Crippen LogP contribution in [0.15, 0.2) is 12.2 Å². The van der Waals surface area contributed by atoms with Crippen LogP contribution in [0.3, 0.4) is 0 Å². The van der Waals surface area contributed by atoms with Crippen LogP contribution in [0.25, 0.3) is 0 Å². The Morgan fingerprint density at radius 2 is 2.36 bits per heavy atom. The number of allylic oxidation sites excluding steroid dienone is 1. The van der Waals surface area contributed by atoms with Crippen molar-refractivity contribution in [3.05, 3.63) is 12.2 Å². The van der Waals surface area contributed by atoms with Crippen molar-refractivity contribution in [3.8, 4) is 0 Å². The highest BCUT2D eigenvalue weighted by molar-refractivity contribution is 7.84. The van der Waals surface area contributed by atoms with Crippen molar-refractivity contribution >= 4 is 10.3 Å². The number of hydrogen-bond donors (Lipinski definition) is 1. The van der Waals surface area contributed by atoms with Gasteiger partial charge in [0.25, 0.3) is 0 Å². The lowest BCUT2D eigenvalue weighted by Crippen LogP contribution is -2.40. The van der Waals surface area contributed by atoms with E-state index in [9.17, 15) is 8.42 Å². The molecule has 11 heavy (non-hydrogen) atoms. The summed E-state index contributed by atoms with van der Waals surface area (Å²) in [6.45, 7) is 2.12. The van der Waals surface area contributed by atoms with Crippen LogP contribution in [0.4, 0.5) is 0 Å². The first-order chi connectivity index (χ1) is 5.14. The van der Waals surface area contributed by atoms with Crippen LogP contribution in [0.2, 0.25) is 0 Å². The molecule has 1 heterocycles. The minimum Gasteiger partial charge on any atom is -0.258 e. The van der Waals surface area contributed by atoms with Crippen molar-refractivity contribution in [2.24, 2.45) is 0 Å². The Morgan fingerprint density at radius 1 is 1.64 bits per heavy atom. The van der Waals surface area contributed by atoms with Gasteiger partial charge in [-0.15, -0.1) is 0 Å². The molecule has 0 aromatic rings. The monoisotopic (exact) mass is 177 g/mol. The molecule has 1 N–H and O–H groups in total. The van der Waals surface area contributed by atoms with Crippen molar-refractivity contribution in [1.29, 1.82) is 0 Å². The average molecular weight is 177 g/mol. The second-order valence-electron chi connectivity index (χ2n) is 2.31. The van der Waals surface area contributed by atoms with E-state index in [1.165, 1.54) is 0 Å². The van der Waals surface area contributed by atoms with E-state index in [1.54, 1.807) is 6.08 Å². The van der Waals surface area contributed by atoms with E-state index in [-0.39, 0.29) is 12.6 Å². The maximum Gasteiger partial charge on any atom is 0.336 e. The largest absolute Gasteiger partial charge is 0.336 e. The molecule has 64 valence electrons. The summed E-state index contributed by atoms with van der Waals surface area (Å²) < 4.78 is 28.4. The first-order valence-corrected chi connectivity index (χ1v) is 4.84. The van der Waals surface area contributed by atoms with E-state index in [2.05, 4.69) is 8.91 Å². The number of nitrogens with one attached hydrogen (secondary N) is 1. The SMILES string of the molecule is C/C=C\C1CCOS(=O)(=O)N1. The number of rotatable bonds is 1. The predicted molar refractivity (Wildman–Crippen MR) is 41.2 cm³/mol. The zero-order valence-corrected chi connectivity index (χ0v) is 7.10. The fraction of sp³-hybridized carbons (Fsp3) is 0.667. The maximum absolute atomic E-state index is 10.8. The van der Waals surface area contributed by atoms with Gasteiger partial charge in [0.2, 0.25) is 0 Å². The Morgan fingerprint density at radius 3 is 2.91 bits per heavy atom. The quantitative estimate of drug-likeness (QED) is 0.581. The van der Waals surface area contributed by atoms with Gasteiger partial charge in [-0.1, -0.05) is 12.2 Å². The molecule has 5 heteroatoms. The summed E-state index contributed by atoms with van der Waals surface area (Å²) in [5.74, 6) is 0. The summed E-state index contributed by atoms with van der Waals surface area (Å²) >= 11 is 0. The fourth-order valence-electron chi connectivity index (χ4n) is 0.931. The zero-order valence-electron chi connectivity index (χ0n) is 6.28. The molecule has 1 atom stereocenters. The van der Waals surface area contributed by atoms with Crippen molar-refractivity contribution < 1.29 is 12.6 Å². The lowest BCUT2D eigenvalue weighted by molar-refractivity contribution is 0.269. The molecule has 0 aromatic heterocycles. The maximum atomic E-state index is 10.8. The smallest absolute Gasteiger partial charge is 0.258 e. The minimum atomic E-state index is -3.46. The first kappa shape index (κ1) is 8.70. The van der Waals surface area contributed by atoms with E-state index < -0.39 is 10.3 Å². The van der Waals surface area contributed by atoms with E-state index in [4.69, 9.17) is 0 Å². The molecule has 0 bridgehead atoms. The molecule has 0 aromatic carbocycles. The average Bonchev–Trinajstić information content (AvgIpc) is 1.85. The highest BCUT2D eigenvalue weighted by Gasteiger charge is 2.21. The Kier molecular flexibility index (Phi) is 2.64. The van der Waals surface area contributed by atoms with Crippen molar-refractivity contribution in [2.75, 3.05) is 6.61 Å². The van der Waals surface area contributed by atoms with Crippen LogP contribution in [-0.4, -0.2) is 21.1 Å². The molecule has 0 radical (unpaired) electrons. The Balaban J connectivity index is 2.60. The van der Waals surface area contributed by atoms with Gasteiger partial charge < -0.3 is 0 Å². The predicted octanol–water partition coefficient (Wildman–Crippen LogP) is 0.186. The molecule has 1 aliphatic heterocycles. The third-order valence-corrected chi connectivity index (χ3v) is 2.46. The van der Waals surface area contributed by atoms with E-state index in [0.717, 1.165) is 0 Å². The normalized spacial score (nSPS) is 30.8. The van der Waals surface area contributed by atoms with Crippen molar-refractivity contribution in [1.82, 2.24) is 4.72 Å². The van der Waals surface area contributed by atoms with Crippen molar-refractivity contribution in [2.45, 2.75) is 19.4 Å². The lowest BCUT2D eigenvalue weighted by atomic mass is 10.2. The molecule has 0 aliphatic carbocycles. The van der Waals surface area contributed by atoms with Gasteiger partial charge in [0.1, 0.15) is 0 Å². The summed E-state index contributed by atoms with van der Waals surface area (Å²) in [4.78, 5) is 0. The van der Waals surface area contributed by atoms with Gasteiger partial charge in [-0.05, 0) is 13.3 Å². The summed E-state index contributed by atoms with van der Waals surface area (Å²) in [7, 11) is -3.46. The number of hydrogen-bond acceptors (Lipinski definition) is 3. The summed E-state index contributed by atoms with van der Waals surface area (Å²) in [5, 5.41) is 0. The molecule has 1 aliphatic rings. The Labute approximate surface area is 66.5 Å².